The van der Waals surface area contributed by atoms with Gasteiger partial charge in [-0.1, -0.05) is 32.6 Å². The third-order valence-electron chi connectivity index (χ3n) is 3.85. The molecule has 0 aromatic carbocycles. The van der Waals surface area contributed by atoms with Crippen molar-refractivity contribution in [1.82, 2.24) is 0 Å². The number of nitrogens with two attached hydrogens (primary N) is 1. The van der Waals surface area contributed by atoms with Crippen LogP contribution in [0.5, 0.6) is 0 Å². The first kappa shape index (κ1) is 17.2. The van der Waals surface area contributed by atoms with Crippen LogP contribution in [-0.2, 0) is 9.09 Å². The standard InChI is InChI=1S/C14H30NO3P/c1-2-3-9-18-19(17,12-14(16)10-15)11-13-7-5-4-6-8-13/h13-14,16H,2-12,15H2,1H3/t14-,19?/m1/s1. The summed E-state index contributed by atoms with van der Waals surface area (Å²) in [6.07, 6.45) is 8.19. The van der Waals surface area contributed by atoms with Crippen molar-refractivity contribution >= 4 is 7.37 Å². The predicted molar refractivity (Wildman–Crippen MR) is 79.8 cm³/mol. The zero-order valence-electron chi connectivity index (χ0n) is 12.2. The van der Waals surface area contributed by atoms with Gasteiger partial charge in [-0.05, 0) is 25.2 Å². The second kappa shape index (κ2) is 9.12. The van der Waals surface area contributed by atoms with E-state index in [-0.39, 0.29) is 12.7 Å². The van der Waals surface area contributed by atoms with Crippen LogP contribution in [0.4, 0.5) is 0 Å². The molecule has 114 valence electrons. The van der Waals surface area contributed by atoms with E-state index >= 15 is 0 Å². The molecule has 1 rings (SSSR count). The second-order valence-electron chi connectivity index (χ2n) is 5.76. The molecule has 3 N–H and O–H groups in total. The SMILES string of the molecule is CCCCOP(=O)(CC1CCCCC1)C[C@H](O)CN. The molecule has 0 spiro atoms. The molecule has 0 aliphatic heterocycles. The molecular weight excluding hydrogens is 261 g/mol. The van der Waals surface area contributed by atoms with E-state index < -0.39 is 13.5 Å². The molecular formula is C14H30NO3P. The number of aliphatic hydroxyl groups excluding tert-OH is 1. The normalized spacial score (nSPS) is 22.1. The van der Waals surface area contributed by atoms with Gasteiger partial charge in [-0.25, -0.2) is 0 Å². The van der Waals surface area contributed by atoms with Gasteiger partial charge in [0.1, 0.15) is 0 Å². The lowest BCUT2D eigenvalue weighted by Gasteiger charge is -2.28. The smallest absolute Gasteiger partial charge is 0.206 e. The summed E-state index contributed by atoms with van der Waals surface area (Å²) in [5.74, 6) is 0.506. The Bertz CT molecular complexity index is 280. The van der Waals surface area contributed by atoms with Crippen LogP contribution in [0.3, 0.4) is 0 Å². The maximum atomic E-state index is 12.9. The minimum atomic E-state index is -2.72. The number of unbranched alkanes of at least 4 members (excludes halogenated alkanes) is 1. The molecule has 0 amide bonds. The number of rotatable bonds is 9. The van der Waals surface area contributed by atoms with Crippen molar-refractivity contribution in [1.29, 1.82) is 0 Å². The predicted octanol–water partition coefficient (Wildman–Crippen LogP) is 2.98. The Kier molecular flexibility index (Phi) is 8.24. The molecule has 0 bridgehead atoms. The van der Waals surface area contributed by atoms with E-state index in [1.165, 1.54) is 19.3 Å². The van der Waals surface area contributed by atoms with Crippen molar-refractivity contribution in [2.75, 3.05) is 25.5 Å². The van der Waals surface area contributed by atoms with E-state index in [1.54, 1.807) is 0 Å². The largest absolute Gasteiger partial charge is 0.391 e. The van der Waals surface area contributed by atoms with Crippen molar-refractivity contribution in [2.45, 2.75) is 58.0 Å². The Hall–Kier alpha value is 0.110. The molecule has 19 heavy (non-hydrogen) atoms. The highest BCUT2D eigenvalue weighted by atomic mass is 31.2. The summed E-state index contributed by atoms with van der Waals surface area (Å²) in [6.45, 7) is 2.79. The summed E-state index contributed by atoms with van der Waals surface area (Å²) in [5.41, 5.74) is 5.44. The molecule has 1 aliphatic carbocycles. The number of hydrogen-bond donors (Lipinski definition) is 2. The van der Waals surface area contributed by atoms with Gasteiger partial charge in [-0.2, -0.15) is 0 Å². The Labute approximate surface area is 117 Å². The van der Waals surface area contributed by atoms with Gasteiger partial charge >= 0.3 is 0 Å². The van der Waals surface area contributed by atoms with Crippen molar-refractivity contribution in [3.05, 3.63) is 0 Å². The quantitative estimate of drug-likeness (QED) is 0.506. The minimum Gasteiger partial charge on any atom is -0.391 e. The van der Waals surface area contributed by atoms with Crippen LogP contribution in [0.1, 0.15) is 51.9 Å². The summed E-state index contributed by atoms with van der Waals surface area (Å²) < 4.78 is 18.6. The first-order chi connectivity index (χ1) is 9.09. The average Bonchev–Trinajstić information content (AvgIpc) is 2.39. The van der Waals surface area contributed by atoms with Crippen LogP contribution < -0.4 is 5.73 Å². The first-order valence-electron chi connectivity index (χ1n) is 7.70. The van der Waals surface area contributed by atoms with Crippen LogP contribution in [-0.4, -0.2) is 36.7 Å². The van der Waals surface area contributed by atoms with Crippen molar-refractivity contribution in [3.8, 4) is 0 Å². The summed E-state index contributed by atoms with van der Waals surface area (Å²) in [4.78, 5) is 0. The van der Waals surface area contributed by atoms with Crippen molar-refractivity contribution in [3.63, 3.8) is 0 Å². The summed E-state index contributed by atoms with van der Waals surface area (Å²) >= 11 is 0. The van der Waals surface area contributed by atoms with Crippen LogP contribution in [0.25, 0.3) is 0 Å². The average molecular weight is 291 g/mol. The molecule has 4 nitrogen and oxygen atoms in total. The van der Waals surface area contributed by atoms with E-state index in [0.717, 1.165) is 25.7 Å². The molecule has 1 unspecified atom stereocenters. The molecule has 1 aliphatic rings. The fourth-order valence-corrected chi connectivity index (χ4v) is 5.48. The lowest BCUT2D eigenvalue weighted by Crippen LogP contribution is -2.26. The molecule has 1 fully saturated rings. The summed E-state index contributed by atoms with van der Waals surface area (Å²) in [7, 11) is -2.72. The summed E-state index contributed by atoms with van der Waals surface area (Å²) in [6, 6.07) is 0. The van der Waals surface area contributed by atoms with E-state index in [9.17, 15) is 9.67 Å². The van der Waals surface area contributed by atoms with Gasteiger partial charge in [0.05, 0.1) is 18.9 Å². The Morgan fingerprint density at radius 1 is 1.37 bits per heavy atom. The fourth-order valence-electron chi connectivity index (χ4n) is 2.71. The lowest BCUT2D eigenvalue weighted by molar-refractivity contribution is 0.196. The van der Waals surface area contributed by atoms with Gasteiger partial charge < -0.3 is 15.4 Å². The molecule has 0 aromatic rings. The Morgan fingerprint density at radius 3 is 2.63 bits per heavy atom. The maximum Gasteiger partial charge on any atom is 0.206 e. The second-order valence-corrected chi connectivity index (χ2v) is 8.38. The van der Waals surface area contributed by atoms with E-state index in [4.69, 9.17) is 10.3 Å². The number of aliphatic hydroxyl groups is 1. The maximum absolute atomic E-state index is 12.9. The molecule has 0 saturated heterocycles. The van der Waals surface area contributed by atoms with Gasteiger partial charge in [0.25, 0.3) is 0 Å². The highest BCUT2D eigenvalue weighted by molar-refractivity contribution is 7.59. The summed E-state index contributed by atoms with van der Waals surface area (Å²) in [5, 5.41) is 9.70. The van der Waals surface area contributed by atoms with E-state index in [0.29, 0.717) is 18.7 Å². The third kappa shape index (κ3) is 6.89. The highest BCUT2D eigenvalue weighted by Crippen LogP contribution is 2.51. The van der Waals surface area contributed by atoms with Crippen LogP contribution >= 0.6 is 7.37 Å². The van der Waals surface area contributed by atoms with Crippen LogP contribution in [0, 0.1) is 5.92 Å². The molecule has 0 radical (unpaired) electrons. The molecule has 1 saturated carbocycles. The van der Waals surface area contributed by atoms with Crippen molar-refractivity contribution in [2.24, 2.45) is 11.7 Å². The lowest BCUT2D eigenvalue weighted by atomic mass is 9.91. The van der Waals surface area contributed by atoms with Crippen LogP contribution in [0.2, 0.25) is 0 Å². The highest BCUT2D eigenvalue weighted by Gasteiger charge is 2.30. The zero-order valence-corrected chi connectivity index (χ0v) is 13.1. The Balaban J connectivity index is 2.53. The zero-order chi connectivity index (χ0) is 14.1. The minimum absolute atomic E-state index is 0.159. The van der Waals surface area contributed by atoms with Gasteiger partial charge in [-0.15, -0.1) is 0 Å². The van der Waals surface area contributed by atoms with Gasteiger partial charge in [0.15, 0.2) is 0 Å². The molecule has 2 atom stereocenters. The monoisotopic (exact) mass is 291 g/mol. The van der Waals surface area contributed by atoms with Crippen LogP contribution in [0.15, 0.2) is 0 Å². The molecule has 0 aromatic heterocycles. The first-order valence-corrected chi connectivity index (χ1v) is 9.70. The topological polar surface area (TPSA) is 72.5 Å². The Morgan fingerprint density at radius 2 is 2.05 bits per heavy atom. The number of hydrogen-bond acceptors (Lipinski definition) is 4. The fraction of sp³-hybridized carbons (Fsp3) is 1.00. The van der Waals surface area contributed by atoms with Gasteiger partial charge in [-0.3, -0.25) is 4.57 Å². The van der Waals surface area contributed by atoms with E-state index in [2.05, 4.69) is 6.92 Å². The van der Waals surface area contributed by atoms with Crippen molar-refractivity contribution < 1.29 is 14.2 Å². The van der Waals surface area contributed by atoms with E-state index in [1.807, 2.05) is 0 Å². The third-order valence-corrected chi connectivity index (χ3v) is 6.55. The molecule has 5 heteroatoms. The van der Waals surface area contributed by atoms with Gasteiger partial charge in [0.2, 0.25) is 7.37 Å². The molecule has 0 heterocycles. The van der Waals surface area contributed by atoms with Gasteiger partial charge in [0, 0.05) is 12.7 Å².